The summed E-state index contributed by atoms with van der Waals surface area (Å²) >= 11 is 0. The Morgan fingerprint density at radius 2 is 2.50 bits per heavy atom. The van der Waals surface area contributed by atoms with Gasteiger partial charge in [-0.05, 0) is 6.42 Å². The molecule has 1 atom stereocenters. The number of ether oxygens (including phenoxy) is 1. The number of nitrogens with zero attached hydrogens (tertiary/aromatic N) is 1. The molecular weight excluding hydrogens is 156 g/mol. The summed E-state index contributed by atoms with van der Waals surface area (Å²) in [7, 11) is 0. The maximum atomic E-state index is 11.4. The molecule has 12 heavy (non-hydrogen) atoms. The number of amides is 1. The van der Waals surface area contributed by atoms with Crippen molar-refractivity contribution in [3.05, 3.63) is 0 Å². The number of piperazine rings is 1. The van der Waals surface area contributed by atoms with E-state index < -0.39 is 0 Å². The summed E-state index contributed by atoms with van der Waals surface area (Å²) in [6.07, 6.45) is 1.01. The highest BCUT2D eigenvalue weighted by Crippen LogP contribution is 2.13. The highest BCUT2D eigenvalue weighted by molar-refractivity contribution is 5.79. The first kappa shape index (κ1) is 8.01. The molecule has 2 saturated heterocycles. The van der Waals surface area contributed by atoms with Crippen LogP contribution < -0.4 is 5.32 Å². The average molecular weight is 170 g/mol. The number of nitrogens with one attached hydrogen (secondary N) is 1. The SMILES string of the molecule is O=C1CNCCN1C1CCOC1. The normalized spacial score (nSPS) is 31.2. The zero-order valence-electron chi connectivity index (χ0n) is 7.08. The van der Waals surface area contributed by atoms with E-state index in [1.54, 1.807) is 0 Å². The summed E-state index contributed by atoms with van der Waals surface area (Å²) < 4.78 is 5.24. The lowest BCUT2D eigenvalue weighted by molar-refractivity contribution is -0.134. The van der Waals surface area contributed by atoms with Gasteiger partial charge in [0, 0.05) is 19.7 Å². The van der Waals surface area contributed by atoms with Gasteiger partial charge in [0.25, 0.3) is 0 Å². The zero-order valence-corrected chi connectivity index (χ0v) is 7.08. The van der Waals surface area contributed by atoms with Crippen LogP contribution in [-0.2, 0) is 9.53 Å². The molecule has 1 unspecified atom stereocenters. The van der Waals surface area contributed by atoms with Gasteiger partial charge in [0.2, 0.25) is 5.91 Å². The minimum atomic E-state index is 0.219. The van der Waals surface area contributed by atoms with E-state index in [0.29, 0.717) is 12.6 Å². The maximum Gasteiger partial charge on any atom is 0.236 e. The largest absolute Gasteiger partial charge is 0.379 e. The molecule has 0 aromatic carbocycles. The van der Waals surface area contributed by atoms with Crippen molar-refractivity contribution in [3.8, 4) is 0 Å². The topological polar surface area (TPSA) is 41.6 Å². The Balaban J connectivity index is 1.95. The summed E-state index contributed by atoms with van der Waals surface area (Å²) in [5, 5.41) is 3.06. The van der Waals surface area contributed by atoms with Crippen LogP contribution in [0.25, 0.3) is 0 Å². The number of hydrogen-bond acceptors (Lipinski definition) is 3. The predicted molar refractivity (Wildman–Crippen MR) is 43.8 cm³/mol. The molecular formula is C8H14N2O2. The molecule has 0 radical (unpaired) electrons. The number of carbonyl (C=O) groups is 1. The van der Waals surface area contributed by atoms with Gasteiger partial charge in [-0.15, -0.1) is 0 Å². The standard InChI is InChI=1S/C8H14N2O2/c11-8-5-9-2-3-10(8)7-1-4-12-6-7/h7,9H,1-6H2. The highest BCUT2D eigenvalue weighted by Gasteiger charge is 2.28. The molecule has 0 aromatic heterocycles. The zero-order chi connectivity index (χ0) is 8.39. The lowest BCUT2D eigenvalue weighted by Gasteiger charge is -2.31. The van der Waals surface area contributed by atoms with Crippen molar-refractivity contribution in [2.45, 2.75) is 12.5 Å². The van der Waals surface area contributed by atoms with Crippen LogP contribution in [0, 0.1) is 0 Å². The average Bonchev–Trinajstić information content (AvgIpc) is 2.57. The molecule has 0 saturated carbocycles. The first-order valence-electron chi connectivity index (χ1n) is 4.46. The van der Waals surface area contributed by atoms with Crippen LogP contribution in [0.1, 0.15) is 6.42 Å². The van der Waals surface area contributed by atoms with Crippen LogP contribution in [0.3, 0.4) is 0 Å². The quantitative estimate of drug-likeness (QED) is 0.560. The van der Waals surface area contributed by atoms with Gasteiger partial charge >= 0.3 is 0 Å². The Morgan fingerprint density at radius 1 is 1.58 bits per heavy atom. The van der Waals surface area contributed by atoms with Gasteiger partial charge in [-0.25, -0.2) is 0 Å². The summed E-state index contributed by atoms with van der Waals surface area (Å²) in [6, 6.07) is 0.347. The highest BCUT2D eigenvalue weighted by atomic mass is 16.5. The Hall–Kier alpha value is -0.610. The molecule has 1 N–H and O–H groups in total. The third-order valence-electron chi connectivity index (χ3n) is 2.47. The molecule has 0 spiro atoms. The van der Waals surface area contributed by atoms with E-state index in [1.807, 2.05) is 4.90 Å². The van der Waals surface area contributed by atoms with Crippen molar-refractivity contribution >= 4 is 5.91 Å². The van der Waals surface area contributed by atoms with Crippen molar-refractivity contribution < 1.29 is 9.53 Å². The van der Waals surface area contributed by atoms with Gasteiger partial charge in [0.1, 0.15) is 0 Å². The molecule has 68 valence electrons. The molecule has 0 aromatic rings. The molecule has 2 rings (SSSR count). The number of carbonyl (C=O) groups excluding carboxylic acids is 1. The van der Waals surface area contributed by atoms with Gasteiger partial charge in [-0.3, -0.25) is 4.79 Å². The molecule has 1 amide bonds. The molecule has 2 aliphatic rings. The molecule has 0 bridgehead atoms. The van der Waals surface area contributed by atoms with Crippen molar-refractivity contribution in [1.82, 2.24) is 10.2 Å². The Labute approximate surface area is 71.9 Å². The van der Waals surface area contributed by atoms with Gasteiger partial charge in [-0.2, -0.15) is 0 Å². The molecule has 4 nitrogen and oxygen atoms in total. The van der Waals surface area contributed by atoms with Crippen LogP contribution in [0.2, 0.25) is 0 Å². The maximum absolute atomic E-state index is 11.4. The Morgan fingerprint density at radius 3 is 3.17 bits per heavy atom. The van der Waals surface area contributed by atoms with Gasteiger partial charge in [0.05, 0.1) is 19.2 Å². The van der Waals surface area contributed by atoms with E-state index in [4.69, 9.17) is 4.74 Å². The summed E-state index contributed by atoms with van der Waals surface area (Å²) in [4.78, 5) is 13.3. The first-order valence-corrected chi connectivity index (χ1v) is 4.46. The van der Waals surface area contributed by atoms with Crippen molar-refractivity contribution in [1.29, 1.82) is 0 Å². The fraction of sp³-hybridized carbons (Fsp3) is 0.875. The minimum Gasteiger partial charge on any atom is -0.379 e. The van der Waals surface area contributed by atoms with Crippen molar-refractivity contribution in [3.63, 3.8) is 0 Å². The molecule has 2 fully saturated rings. The molecule has 2 aliphatic heterocycles. The first-order chi connectivity index (χ1) is 5.88. The van der Waals surface area contributed by atoms with Gasteiger partial charge in [0.15, 0.2) is 0 Å². The van der Waals surface area contributed by atoms with E-state index in [0.717, 1.165) is 32.7 Å². The lowest BCUT2D eigenvalue weighted by atomic mass is 10.2. The minimum absolute atomic E-state index is 0.219. The lowest BCUT2D eigenvalue weighted by Crippen LogP contribution is -2.52. The summed E-state index contributed by atoms with van der Waals surface area (Å²) in [6.45, 7) is 3.79. The van der Waals surface area contributed by atoms with Gasteiger partial charge in [-0.1, -0.05) is 0 Å². The molecule has 0 aliphatic carbocycles. The Bertz CT molecular complexity index is 178. The van der Waals surface area contributed by atoms with Crippen molar-refractivity contribution in [2.75, 3.05) is 32.8 Å². The van der Waals surface area contributed by atoms with Crippen LogP contribution in [0.15, 0.2) is 0 Å². The third-order valence-corrected chi connectivity index (χ3v) is 2.47. The van der Waals surface area contributed by atoms with Crippen LogP contribution >= 0.6 is 0 Å². The summed E-state index contributed by atoms with van der Waals surface area (Å²) in [5.41, 5.74) is 0. The van der Waals surface area contributed by atoms with E-state index in [-0.39, 0.29) is 5.91 Å². The number of rotatable bonds is 1. The van der Waals surface area contributed by atoms with Gasteiger partial charge < -0.3 is 15.0 Å². The fourth-order valence-electron chi connectivity index (χ4n) is 1.78. The second-order valence-corrected chi connectivity index (χ2v) is 3.28. The number of hydrogen-bond donors (Lipinski definition) is 1. The van der Waals surface area contributed by atoms with Crippen LogP contribution in [0.5, 0.6) is 0 Å². The van der Waals surface area contributed by atoms with Crippen LogP contribution in [0.4, 0.5) is 0 Å². The van der Waals surface area contributed by atoms with Crippen LogP contribution in [-0.4, -0.2) is 49.7 Å². The second-order valence-electron chi connectivity index (χ2n) is 3.28. The molecule has 4 heteroatoms. The van der Waals surface area contributed by atoms with E-state index >= 15 is 0 Å². The van der Waals surface area contributed by atoms with Crippen molar-refractivity contribution in [2.24, 2.45) is 0 Å². The third kappa shape index (κ3) is 1.44. The summed E-state index contributed by atoms with van der Waals surface area (Å²) in [5.74, 6) is 0.219. The molecule has 2 heterocycles. The van der Waals surface area contributed by atoms with E-state index in [1.165, 1.54) is 0 Å². The predicted octanol–water partition coefficient (Wildman–Crippen LogP) is -0.793. The smallest absolute Gasteiger partial charge is 0.236 e. The fourth-order valence-corrected chi connectivity index (χ4v) is 1.78. The second kappa shape index (κ2) is 3.41. The Kier molecular flexibility index (Phi) is 2.28. The van der Waals surface area contributed by atoms with E-state index in [9.17, 15) is 4.79 Å². The monoisotopic (exact) mass is 170 g/mol. The van der Waals surface area contributed by atoms with E-state index in [2.05, 4.69) is 5.32 Å².